The van der Waals surface area contributed by atoms with Crippen molar-refractivity contribution in [3.63, 3.8) is 0 Å². The van der Waals surface area contributed by atoms with Gasteiger partial charge in [-0.2, -0.15) is 0 Å². The normalized spacial score (nSPS) is 34.2. The van der Waals surface area contributed by atoms with Crippen LogP contribution in [0.25, 0.3) is 0 Å². The number of hydrogen-bond donors (Lipinski definition) is 0. The second-order valence-corrected chi connectivity index (χ2v) is 4.60. The Labute approximate surface area is 81.9 Å². The zero-order valence-corrected chi connectivity index (χ0v) is 9.00. The quantitative estimate of drug-likeness (QED) is 0.643. The maximum absolute atomic E-state index is 2.67. The highest BCUT2D eigenvalue weighted by molar-refractivity contribution is 4.82. The molecule has 0 aromatic rings. The predicted octanol–water partition coefficient (Wildman–Crippen LogP) is 1.91. The first-order chi connectivity index (χ1) is 6.29. The van der Waals surface area contributed by atoms with Gasteiger partial charge in [0.15, 0.2) is 0 Å². The van der Waals surface area contributed by atoms with Crippen molar-refractivity contribution in [2.75, 3.05) is 19.6 Å². The maximum Gasteiger partial charge on any atom is 0.0595 e. The lowest BCUT2D eigenvalue weighted by Gasteiger charge is -2.35. The van der Waals surface area contributed by atoms with Crippen LogP contribution >= 0.6 is 0 Å². The van der Waals surface area contributed by atoms with Crippen molar-refractivity contribution in [1.29, 1.82) is 0 Å². The fourth-order valence-electron chi connectivity index (χ4n) is 2.84. The van der Waals surface area contributed by atoms with Crippen LogP contribution in [-0.2, 0) is 0 Å². The minimum atomic E-state index is 0.694. The summed E-state index contributed by atoms with van der Waals surface area (Å²) in [6.07, 6.45) is 6.32. The van der Waals surface area contributed by atoms with Crippen molar-refractivity contribution in [1.82, 2.24) is 9.80 Å². The van der Waals surface area contributed by atoms with Crippen LogP contribution in [0.15, 0.2) is 0 Å². The topological polar surface area (TPSA) is 6.48 Å². The first-order valence-electron chi connectivity index (χ1n) is 5.79. The summed E-state index contributed by atoms with van der Waals surface area (Å²) in [5.74, 6) is 0. The Balaban J connectivity index is 1.91. The van der Waals surface area contributed by atoms with Crippen molar-refractivity contribution in [2.45, 2.75) is 51.7 Å². The second kappa shape index (κ2) is 3.97. The van der Waals surface area contributed by atoms with Gasteiger partial charge in [-0.3, -0.25) is 9.80 Å². The van der Waals surface area contributed by atoms with E-state index >= 15 is 0 Å². The highest BCUT2D eigenvalue weighted by Crippen LogP contribution is 2.23. The number of likely N-dealkylation sites (tertiary alicyclic amines) is 2. The molecule has 0 spiro atoms. The van der Waals surface area contributed by atoms with Crippen LogP contribution < -0.4 is 0 Å². The van der Waals surface area contributed by atoms with Crippen molar-refractivity contribution in [3.05, 3.63) is 0 Å². The van der Waals surface area contributed by atoms with Crippen LogP contribution in [0.4, 0.5) is 0 Å². The average Bonchev–Trinajstić information content (AvgIpc) is 2.72. The third-order valence-corrected chi connectivity index (χ3v) is 3.75. The molecule has 0 aliphatic carbocycles. The minimum Gasteiger partial charge on any atom is -0.288 e. The van der Waals surface area contributed by atoms with E-state index < -0.39 is 0 Å². The van der Waals surface area contributed by atoms with Crippen LogP contribution in [0, 0.1) is 0 Å². The number of hydrogen-bond acceptors (Lipinski definition) is 2. The van der Waals surface area contributed by atoms with Crippen molar-refractivity contribution in [2.24, 2.45) is 0 Å². The Morgan fingerprint density at radius 3 is 2.31 bits per heavy atom. The lowest BCUT2D eigenvalue weighted by molar-refractivity contribution is 0.0682. The van der Waals surface area contributed by atoms with Gasteiger partial charge in [-0.15, -0.1) is 0 Å². The van der Waals surface area contributed by atoms with Crippen LogP contribution in [0.2, 0.25) is 0 Å². The summed E-state index contributed by atoms with van der Waals surface area (Å²) in [7, 11) is 0. The Morgan fingerprint density at radius 2 is 1.77 bits per heavy atom. The molecule has 2 aliphatic rings. The van der Waals surface area contributed by atoms with Crippen LogP contribution in [0.5, 0.6) is 0 Å². The molecule has 2 aliphatic heterocycles. The Bertz CT molecular complexity index is 163. The molecule has 2 unspecified atom stereocenters. The van der Waals surface area contributed by atoms with Gasteiger partial charge in [-0.25, -0.2) is 0 Å². The molecular formula is C11H22N2. The van der Waals surface area contributed by atoms with E-state index in [0.29, 0.717) is 6.17 Å². The van der Waals surface area contributed by atoms with Gasteiger partial charge in [0, 0.05) is 6.04 Å². The first-order valence-corrected chi connectivity index (χ1v) is 5.79. The van der Waals surface area contributed by atoms with E-state index in [-0.39, 0.29) is 0 Å². The smallest absolute Gasteiger partial charge is 0.0595 e. The average molecular weight is 182 g/mol. The van der Waals surface area contributed by atoms with Gasteiger partial charge >= 0.3 is 0 Å². The third kappa shape index (κ3) is 1.89. The summed E-state index contributed by atoms with van der Waals surface area (Å²) in [5.41, 5.74) is 0. The first kappa shape index (κ1) is 9.47. The largest absolute Gasteiger partial charge is 0.288 e. The zero-order chi connectivity index (χ0) is 9.26. The predicted molar refractivity (Wildman–Crippen MR) is 55.7 cm³/mol. The van der Waals surface area contributed by atoms with E-state index in [4.69, 9.17) is 0 Å². The summed E-state index contributed by atoms with van der Waals surface area (Å²) in [4.78, 5) is 5.31. The van der Waals surface area contributed by atoms with E-state index in [1.54, 1.807) is 0 Å². The lowest BCUT2D eigenvalue weighted by atomic mass is 10.2. The summed E-state index contributed by atoms with van der Waals surface area (Å²) in [5, 5.41) is 0. The van der Waals surface area contributed by atoms with Crippen molar-refractivity contribution < 1.29 is 0 Å². The molecule has 0 radical (unpaired) electrons. The molecule has 2 nitrogen and oxygen atoms in total. The molecule has 2 saturated heterocycles. The molecule has 2 rings (SSSR count). The van der Waals surface area contributed by atoms with Crippen LogP contribution in [0.3, 0.4) is 0 Å². The zero-order valence-electron chi connectivity index (χ0n) is 9.00. The fourth-order valence-corrected chi connectivity index (χ4v) is 2.84. The molecule has 0 amide bonds. The number of rotatable bonds is 2. The Kier molecular flexibility index (Phi) is 2.89. The van der Waals surface area contributed by atoms with E-state index in [1.165, 1.54) is 45.3 Å². The second-order valence-electron chi connectivity index (χ2n) is 4.60. The fraction of sp³-hybridized carbons (Fsp3) is 1.00. The molecule has 76 valence electrons. The van der Waals surface area contributed by atoms with Gasteiger partial charge in [0.1, 0.15) is 0 Å². The molecule has 2 heterocycles. The highest BCUT2D eigenvalue weighted by Gasteiger charge is 2.29. The van der Waals surface area contributed by atoms with Gasteiger partial charge in [-0.1, -0.05) is 0 Å². The number of nitrogens with zero attached hydrogens (tertiary/aromatic N) is 2. The van der Waals surface area contributed by atoms with Gasteiger partial charge in [0.25, 0.3) is 0 Å². The summed E-state index contributed by atoms with van der Waals surface area (Å²) < 4.78 is 0. The third-order valence-electron chi connectivity index (χ3n) is 3.75. The van der Waals surface area contributed by atoms with Crippen LogP contribution in [0.1, 0.15) is 39.5 Å². The van der Waals surface area contributed by atoms with E-state index in [1.807, 2.05) is 0 Å². The summed E-state index contributed by atoms with van der Waals surface area (Å²) in [6.45, 7) is 8.72. The van der Waals surface area contributed by atoms with E-state index in [0.717, 1.165) is 6.04 Å². The molecular weight excluding hydrogens is 160 g/mol. The van der Waals surface area contributed by atoms with Crippen molar-refractivity contribution >= 4 is 0 Å². The van der Waals surface area contributed by atoms with Crippen LogP contribution in [-0.4, -0.2) is 41.6 Å². The highest BCUT2D eigenvalue weighted by atomic mass is 15.4. The van der Waals surface area contributed by atoms with Gasteiger partial charge in [0.05, 0.1) is 6.17 Å². The molecule has 2 atom stereocenters. The molecule has 0 N–H and O–H groups in total. The Morgan fingerprint density at radius 1 is 1.08 bits per heavy atom. The minimum absolute atomic E-state index is 0.694. The molecule has 2 fully saturated rings. The monoisotopic (exact) mass is 182 g/mol. The molecule has 0 aromatic heterocycles. The van der Waals surface area contributed by atoms with E-state index in [9.17, 15) is 0 Å². The van der Waals surface area contributed by atoms with Crippen molar-refractivity contribution in [3.8, 4) is 0 Å². The lowest BCUT2D eigenvalue weighted by Crippen LogP contribution is -2.46. The standard InChI is InChI=1S/C11H22N2/c1-10-6-5-9-13(10)11(2)12-7-3-4-8-12/h10-11H,3-9H2,1-2H3. The molecule has 0 aromatic carbocycles. The Hall–Kier alpha value is -0.0800. The summed E-state index contributed by atoms with van der Waals surface area (Å²) in [6, 6.07) is 0.815. The summed E-state index contributed by atoms with van der Waals surface area (Å²) >= 11 is 0. The van der Waals surface area contributed by atoms with Gasteiger partial charge in [-0.05, 0) is 59.2 Å². The SMILES string of the molecule is CC1CCCN1C(C)N1CCCC1. The molecule has 0 saturated carbocycles. The maximum atomic E-state index is 2.67. The molecule has 0 bridgehead atoms. The van der Waals surface area contributed by atoms with Gasteiger partial charge in [0.2, 0.25) is 0 Å². The molecule has 13 heavy (non-hydrogen) atoms. The van der Waals surface area contributed by atoms with E-state index in [2.05, 4.69) is 23.6 Å². The van der Waals surface area contributed by atoms with Gasteiger partial charge < -0.3 is 0 Å². The molecule has 2 heteroatoms.